The number of rotatable bonds is 4. The quantitative estimate of drug-likeness (QED) is 0.897. The zero-order valence-corrected chi connectivity index (χ0v) is 11.2. The van der Waals surface area contributed by atoms with E-state index in [0.717, 1.165) is 6.07 Å². The van der Waals surface area contributed by atoms with Crippen LogP contribution in [0, 0.1) is 5.41 Å². The van der Waals surface area contributed by atoms with Crippen molar-refractivity contribution in [3.63, 3.8) is 0 Å². The molecule has 0 heterocycles. The lowest BCUT2D eigenvalue weighted by molar-refractivity contribution is -0.274. The third-order valence-corrected chi connectivity index (χ3v) is 3.09. The molecular formula is C12H15ClF3NO2. The second kappa shape index (κ2) is 5.56. The topological polar surface area (TPSA) is 55.5 Å². The molecule has 3 N–H and O–H groups in total. The lowest BCUT2D eigenvalue weighted by Crippen LogP contribution is -2.32. The van der Waals surface area contributed by atoms with Crippen LogP contribution in [-0.2, 0) is 0 Å². The maximum Gasteiger partial charge on any atom is 0.573 e. The Morgan fingerprint density at radius 2 is 1.95 bits per heavy atom. The van der Waals surface area contributed by atoms with Crippen LogP contribution < -0.4 is 10.5 Å². The second-order valence-electron chi connectivity index (χ2n) is 4.86. The molecular weight excluding hydrogens is 283 g/mol. The molecule has 0 aromatic heterocycles. The normalized spacial score (nSPS) is 14.3. The summed E-state index contributed by atoms with van der Waals surface area (Å²) >= 11 is 5.73. The summed E-state index contributed by atoms with van der Waals surface area (Å²) in [5.41, 5.74) is 5.86. The van der Waals surface area contributed by atoms with Crippen LogP contribution in [0.4, 0.5) is 13.2 Å². The number of alkyl halides is 3. The van der Waals surface area contributed by atoms with Gasteiger partial charge in [0.25, 0.3) is 0 Å². The number of aliphatic hydroxyl groups is 1. The Kier molecular flexibility index (Phi) is 4.71. The molecule has 19 heavy (non-hydrogen) atoms. The Morgan fingerprint density at radius 3 is 2.37 bits per heavy atom. The summed E-state index contributed by atoms with van der Waals surface area (Å²) < 4.78 is 40.0. The molecule has 0 radical (unpaired) electrons. The minimum Gasteiger partial charge on any atom is -0.404 e. The summed E-state index contributed by atoms with van der Waals surface area (Å²) in [6, 6.07) is 3.26. The van der Waals surface area contributed by atoms with Crippen molar-refractivity contribution in [2.45, 2.75) is 26.3 Å². The predicted molar refractivity (Wildman–Crippen MR) is 65.9 cm³/mol. The molecule has 0 aliphatic heterocycles. The van der Waals surface area contributed by atoms with E-state index in [1.165, 1.54) is 12.1 Å². The lowest BCUT2D eigenvalue weighted by Gasteiger charge is -2.30. The third-order valence-electron chi connectivity index (χ3n) is 2.79. The van der Waals surface area contributed by atoms with E-state index in [9.17, 15) is 18.3 Å². The second-order valence-corrected chi connectivity index (χ2v) is 5.27. The fraction of sp³-hybridized carbons (Fsp3) is 0.500. The van der Waals surface area contributed by atoms with Gasteiger partial charge >= 0.3 is 6.36 Å². The van der Waals surface area contributed by atoms with E-state index in [1.807, 2.05) is 0 Å². The molecule has 0 saturated carbocycles. The highest BCUT2D eigenvalue weighted by molar-refractivity contribution is 6.32. The van der Waals surface area contributed by atoms with Gasteiger partial charge in [0, 0.05) is 18.1 Å². The Bertz CT molecular complexity index is 449. The van der Waals surface area contributed by atoms with Crippen molar-refractivity contribution in [1.29, 1.82) is 0 Å². The molecule has 1 aromatic rings. The number of halogens is 4. The predicted octanol–water partition coefficient (Wildman–Crippen LogP) is 3.26. The first-order valence-electron chi connectivity index (χ1n) is 5.48. The third kappa shape index (κ3) is 4.26. The highest BCUT2D eigenvalue weighted by atomic mass is 35.5. The van der Waals surface area contributed by atoms with Crippen LogP contribution in [0.2, 0.25) is 5.02 Å². The van der Waals surface area contributed by atoms with Gasteiger partial charge in [0.15, 0.2) is 0 Å². The van der Waals surface area contributed by atoms with Crippen LogP contribution in [0.1, 0.15) is 25.5 Å². The van der Waals surface area contributed by atoms with E-state index in [-0.39, 0.29) is 11.6 Å². The van der Waals surface area contributed by atoms with Crippen molar-refractivity contribution in [3.05, 3.63) is 28.8 Å². The number of benzene rings is 1. The van der Waals surface area contributed by atoms with Crippen molar-refractivity contribution in [1.82, 2.24) is 0 Å². The van der Waals surface area contributed by atoms with Gasteiger partial charge in [-0.3, -0.25) is 0 Å². The van der Waals surface area contributed by atoms with Crippen molar-refractivity contribution in [3.8, 4) is 5.75 Å². The lowest BCUT2D eigenvalue weighted by atomic mass is 9.82. The molecule has 0 aliphatic carbocycles. The molecule has 3 nitrogen and oxygen atoms in total. The zero-order chi connectivity index (χ0) is 14.8. The van der Waals surface area contributed by atoms with Gasteiger partial charge < -0.3 is 15.6 Å². The largest absolute Gasteiger partial charge is 0.573 e. The number of nitrogens with two attached hydrogens (primary N) is 1. The van der Waals surface area contributed by atoms with Crippen molar-refractivity contribution in [2.75, 3.05) is 6.61 Å². The Labute approximate surface area is 114 Å². The molecule has 1 atom stereocenters. The molecule has 0 spiro atoms. The maximum atomic E-state index is 12.1. The van der Waals surface area contributed by atoms with Gasteiger partial charge in [-0.25, -0.2) is 0 Å². The molecule has 0 saturated heterocycles. The summed E-state index contributed by atoms with van der Waals surface area (Å²) in [7, 11) is 0. The van der Waals surface area contributed by atoms with E-state index in [0.29, 0.717) is 5.56 Å². The first kappa shape index (κ1) is 16.1. The fourth-order valence-corrected chi connectivity index (χ4v) is 1.70. The minimum atomic E-state index is -4.79. The van der Waals surface area contributed by atoms with Gasteiger partial charge in [0.2, 0.25) is 0 Å². The van der Waals surface area contributed by atoms with Gasteiger partial charge in [-0.1, -0.05) is 31.5 Å². The average molecular weight is 298 g/mol. The molecule has 1 aromatic carbocycles. The molecule has 108 valence electrons. The Hall–Kier alpha value is -0.980. The Morgan fingerprint density at radius 1 is 1.37 bits per heavy atom. The molecule has 0 bridgehead atoms. The van der Waals surface area contributed by atoms with Crippen LogP contribution in [0.25, 0.3) is 0 Å². The van der Waals surface area contributed by atoms with Crippen molar-refractivity contribution < 1.29 is 23.0 Å². The monoisotopic (exact) mass is 297 g/mol. The SMILES string of the molecule is CC(C)(CO)[C@@H](N)c1ccc(OC(F)(F)F)c(Cl)c1. The molecule has 1 rings (SSSR count). The van der Waals surface area contributed by atoms with Gasteiger partial charge in [-0.2, -0.15) is 0 Å². The van der Waals surface area contributed by atoms with Crippen LogP contribution >= 0.6 is 11.6 Å². The van der Waals surface area contributed by atoms with E-state index in [2.05, 4.69) is 4.74 Å². The average Bonchev–Trinajstić information content (AvgIpc) is 2.29. The molecule has 0 fully saturated rings. The molecule has 7 heteroatoms. The standard InChI is InChI=1S/C12H15ClF3NO2/c1-11(2,6-18)10(17)7-3-4-9(8(13)5-7)19-12(14,15)16/h3-5,10,18H,6,17H2,1-2H3/t10-/m0/s1. The van der Waals surface area contributed by atoms with E-state index in [4.69, 9.17) is 17.3 Å². The number of hydrogen-bond donors (Lipinski definition) is 2. The number of ether oxygens (including phenoxy) is 1. The first-order valence-corrected chi connectivity index (χ1v) is 5.86. The van der Waals surface area contributed by atoms with Gasteiger partial charge in [-0.05, 0) is 17.7 Å². The van der Waals surface area contributed by atoms with Crippen LogP contribution in [-0.4, -0.2) is 18.1 Å². The van der Waals surface area contributed by atoms with Crippen molar-refractivity contribution >= 4 is 11.6 Å². The van der Waals surface area contributed by atoms with Crippen molar-refractivity contribution in [2.24, 2.45) is 11.1 Å². The van der Waals surface area contributed by atoms with E-state index >= 15 is 0 Å². The highest BCUT2D eigenvalue weighted by Crippen LogP contribution is 2.36. The van der Waals surface area contributed by atoms with E-state index < -0.39 is 23.6 Å². The van der Waals surface area contributed by atoms with Crippen LogP contribution in [0.15, 0.2) is 18.2 Å². The minimum absolute atomic E-state index is 0.160. The first-order chi connectivity index (χ1) is 8.57. The summed E-state index contributed by atoms with van der Waals surface area (Å²) in [5.74, 6) is -0.480. The molecule has 0 amide bonds. The summed E-state index contributed by atoms with van der Waals surface area (Å²) in [6.45, 7) is 3.32. The molecule has 0 aliphatic rings. The number of hydrogen-bond acceptors (Lipinski definition) is 3. The number of aliphatic hydroxyl groups excluding tert-OH is 1. The van der Waals surface area contributed by atoms with Gasteiger partial charge in [0.05, 0.1) is 5.02 Å². The molecule has 0 unspecified atom stereocenters. The fourth-order valence-electron chi connectivity index (χ4n) is 1.47. The van der Waals surface area contributed by atoms with Crippen LogP contribution in [0.5, 0.6) is 5.75 Å². The maximum absolute atomic E-state index is 12.1. The highest BCUT2D eigenvalue weighted by Gasteiger charge is 2.33. The Balaban J connectivity index is 3.00. The zero-order valence-electron chi connectivity index (χ0n) is 10.5. The van der Waals surface area contributed by atoms with E-state index in [1.54, 1.807) is 13.8 Å². The van der Waals surface area contributed by atoms with Gasteiger partial charge in [0.1, 0.15) is 5.75 Å². The summed E-state index contributed by atoms with van der Waals surface area (Å²) in [5, 5.41) is 9.03. The van der Waals surface area contributed by atoms with Crippen LogP contribution in [0.3, 0.4) is 0 Å². The summed E-state index contributed by atoms with van der Waals surface area (Å²) in [4.78, 5) is 0. The van der Waals surface area contributed by atoms with Gasteiger partial charge in [-0.15, -0.1) is 13.2 Å². The summed E-state index contributed by atoms with van der Waals surface area (Å²) in [6.07, 6.45) is -4.79. The smallest absolute Gasteiger partial charge is 0.404 e.